The van der Waals surface area contributed by atoms with Gasteiger partial charge in [0.1, 0.15) is 6.04 Å². The first-order valence-electron chi connectivity index (χ1n) is 9.84. The van der Waals surface area contributed by atoms with E-state index in [0.29, 0.717) is 18.7 Å². The van der Waals surface area contributed by atoms with Crippen LogP contribution in [-0.4, -0.2) is 46.8 Å². The Balaban J connectivity index is 2.00. The van der Waals surface area contributed by atoms with Crippen molar-refractivity contribution in [3.05, 3.63) is 60.2 Å². The Morgan fingerprint density at radius 1 is 1.07 bits per heavy atom. The Morgan fingerprint density at radius 3 is 2.31 bits per heavy atom. The number of nitrogens with one attached hydrogen (secondary N) is 1. The second-order valence-corrected chi connectivity index (χ2v) is 9.08. The highest BCUT2D eigenvalue weighted by Gasteiger charge is 2.31. The number of amides is 1. The number of hydrogen-bond acceptors (Lipinski definition) is 4. The molecule has 0 aliphatic carbocycles. The van der Waals surface area contributed by atoms with Crippen LogP contribution in [-0.2, 0) is 14.8 Å². The molecule has 1 atom stereocenters. The molecule has 6 nitrogen and oxygen atoms in total. The van der Waals surface area contributed by atoms with Crippen LogP contribution < -0.4 is 14.5 Å². The fourth-order valence-electron chi connectivity index (χ4n) is 3.28. The number of carbonyl (C=O) groups is 1. The van der Waals surface area contributed by atoms with E-state index in [1.54, 1.807) is 18.2 Å². The van der Waals surface area contributed by atoms with E-state index in [1.807, 2.05) is 57.3 Å². The molecule has 0 aromatic heterocycles. The summed E-state index contributed by atoms with van der Waals surface area (Å²) in [4.78, 5) is 14.9. The lowest BCUT2D eigenvalue weighted by atomic mass is 10.1. The van der Waals surface area contributed by atoms with Crippen molar-refractivity contribution < 1.29 is 13.2 Å². The second kappa shape index (κ2) is 10.3. The van der Waals surface area contributed by atoms with E-state index < -0.39 is 16.1 Å². The average molecular weight is 418 g/mol. The van der Waals surface area contributed by atoms with E-state index in [-0.39, 0.29) is 5.91 Å². The summed E-state index contributed by atoms with van der Waals surface area (Å²) in [7, 11) is -1.60. The quantitative estimate of drug-likeness (QED) is 0.603. The van der Waals surface area contributed by atoms with Gasteiger partial charge in [-0.15, -0.1) is 0 Å². The smallest absolute Gasteiger partial charge is 0.243 e. The van der Waals surface area contributed by atoms with Gasteiger partial charge in [0.05, 0.1) is 11.9 Å². The Morgan fingerprint density at radius 2 is 1.72 bits per heavy atom. The lowest BCUT2D eigenvalue weighted by Gasteiger charge is -2.30. The highest BCUT2D eigenvalue weighted by Crippen LogP contribution is 2.23. The van der Waals surface area contributed by atoms with E-state index in [1.165, 1.54) is 4.31 Å². The molecule has 7 heteroatoms. The minimum Gasteiger partial charge on any atom is -0.375 e. The minimum atomic E-state index is -3.61. The van der Waals surface area contributed by atoms with Crippen molar-refractivity contribution in [1.29, 1.82) is 0 Å². The van der Waals surface area contributed by atoms with Crippen LogP contribution in [0.5, 0.6) is 0 Å². The zero-order valence-corrected chi connectivity index (χ0v) is 18.4. The summed E-state index contributed by atoms with van der Waals surface area (Å²) in [6.45, 7) is 4.99. The maximum Gasteiger partial charge on any atom is 0.243 e. The number of aryl methyl sites for hydroxylation is 1. The van der Waals surface area contributed by atoms with Crippen molar-refractivity contribution in [2.24, 2.45) is 0 Å². The normalized spacial score (nSPS) is 12.3. The van der Waals surface area contributed by atoms with Crippen LogP contribution in [0.15, 0.2) is 54.6 Å². The van der Waals surface area contributed by atoms with E-state index in [4.69, 9.17) is 0 Å². The molecule has 0 bridgehead atoms. The molecular weight excluding hydrogens is 386 g/mol. The SMILES string of the molecule is CC[C@H](C(=O)NCCCN(C)c1ccccc1)N(c1cccc(C)c1)S(C)(=O)=O. The van der Waals surface area contributed by atoms with Gasteiger partial charge in [-0.2, -0.15) is 0 Å². The van der Waals surface area contributed by atoms with Gasteiger partial charge in [0.2, 0.25) is 15.9 Å². The summed E-state index contributed by atoms with van der Waals surface area (Å²) in [5.41, 5.74) is 2.57. The molecule has 2 rings (SSSR count). The molecule has 0 aliphatic heterocycles. The molecule has 1 amide bonds. The number of sulfonamides is 1. The van der Waals surface area contributed by atoms with Gasteiger partial charge in [0, 0.05) is 25.8 Å². The standard InChI is InChI=1S/C22H31N3O3S/c1-5-21(25(29(4,27)28)20-14-9-11-18(2)17-20)22(26)23-15-10-16-24(3)19-12-7-6-8-13-19/h6-9,11-14,17,21H,5,10,15-16H2,1-4H3,(H,23,26)/t21-/m1/s1. The summed E-state index contributed by atoms with van der Waals surface area (Å²) in [6, 6.07) is 16.5. The summed E-state index contributed by atoms with van der Waals surface area (Å²) in [5, 5.41) is 2.91. The van der Waals surface area contributed by atoms with Gasteiger partial charge >= 0.3 is 0 Å². The van der Waals surface area contributed by atoms with Gasteiger partial charge < -0.3 is 10.2 Å². The minimum absolute atomic E-state index is 0.276. The third-order valence-corrected chi connectivity index (χ3v) is 5.93. The summed E-state index contributed by atoms with van der Waals surface area (Å²) in [5.74, 6) is -0.276. The van der Waals surface area contributed by atoms with Crippen LogP contribution in [0, 0.1) is 6.92 Å². The predicted molar refractivity (Wildman–Crippen MR) is 120 cm³/mol. The average Bonchev–Trinajstić information content (AvgIpc) is 2.68. The van der Waals surface area contributed by atoms with Crippen LogP contribution in [0.1, 0.15) is 25.3 Å². The molecule has 0 unspecified atom stereocenters. The van der Waals surface area contributed by atoms with Gasteiger partial charge in [-0.3, -0.25) is 9.10 Å². The number of nitrogens with zero attached hydrogens (tertiary/aromatic N) is 2. The predicted octanol–water partition coefficient (Wildman–Crippen LogP) is 3.18. The van der Waals surface area contributed by atoms with Gasteiger partial charge in [-0.1, -0.05) is 37.3 Å². The molecule has 29 heavy (non-hydrogen) atoms. The molecular formula is C22H31N3O3S. The highest BCUT2D eigenvalue weighted by molar-refractivity contribution is 7.92. The van der Waals surface area contributed by atoms with Crippen LogP contribution in [0.2, 0.25) is 0 Å². The fourth-order valence-corrected chi connectivity index (χ4v) is 4.49. The molecule has 0 heterocycles. The molecule has 0 saturated carbocycles. The van der Waals surface area contributed by atoms with E-state index in [2.05, 4.69) is 10.2 Å². The Kier molecular flexibility index (Phi) is 8.08. The molecule has 0 fully saturated rings. The maximum absolute atomic E-state index is 12.8. The molecule has 0 radical (unpaired) electrons. The number of benzene rings is 2. The summed E-state index contributed by atoms with van der Waals surface area (Å²) in [6.07, 6.45) is 2.29. The van der Waals surface area contributed by atoms with Gasteiger partial charge in [-0.25, -0.2) is 8.42 Å². The third kappa shape index (κ3) is 6.49. The van der Waals surface area contributed by atoms with E-state index >= 15 is 0 Å². The number of hydrogen-bond donors (Lipinski definition) is 1. The molecule has 0 saturated heterocycles. The van der Waals surface area contributed by atoms with Gasteiger partial charge in [-0.05, 0) is 49.6 Å². The third-order valence-electron chi connectivity index (χ3n) is 4.75. The van der Waals surface area contributed by atoms with Crippen LogP contribution in [0.4, 0.5) is 11.4 Å². The van der Waals surface area contributed by atoms with E-state index in [9.17, 15) is 13.2 Å². The largest absolute Gasteiger partial charge is 0.375 e. The zero-order valence-electron chi connectivity index (χ0n) is 17.6. The topological polar surface area (TPSA) is 69.7 Å². The van der Waals surface area contributed by atoms with Crippen LogP contribution >= 0.6 is 0 Å². The fraction of sp³-hybridized carbons (Fsp3) is 0.409. The summed E-state index contributed by atoms with van der Waals surface area (Å²) < 4.78 is 26.2. The lowest BCUT2D eigenvalue weighted by Crippen LogP contribution is -2.49. The van der Waals surface area contributed by atoms with Crippen molar-refractivity contribution in [2.45, 2.75) is 32.7 Å². The van der Waals surface area contributed by atoms with Gasteiger partial charge in [0.15, 0.2) is 0 Å². The Labute approximate surface area is 174 Å². The molecule has 0 aliphatic rings. The number of carbonyl (C=O) groups excluding carboxylic acids is 1. The highest BCUT2D eigenvalue weighted by atomic mass is 32.2. The van der Waals surface area contributed by atoms with Gasteiger partial charge in [0.25, 0.3) is 0 Å². The summed E-state index contributed by atoms with van der Waals surface area (Å²) >= 11 is 0. The Hall–Kier alpha value is -2.54. The van der Waals surface area contributed by atoms with Crippen molar-refractivity contribution in [3.8, 4) is 0 Å². The van der Waals surface area contributed by atoms with Crippen molar-refractivity contribution in [3.63, 3.8) is 0 Å². The first-order valence-corrected chi connectivity index (χ1v) is 11.7. The van der Waals surface area contributed by atoms with Crippen LogP contribution in [0.3, 0.4) is 0 Å². The first kappa shape index (κ1) is 22.7. The monoisotopic (exact) mass is 417 g/mol. The van der Waals surface area contributed by atoms with Crippen LogP contribution in [0.25, 0.3) is 0 Å². The molecule has 0 spiro atoms. The van der Waals surface area contributed by atoms with Crippen molar-refractivity contribution in [2.75, 3.05) is 35.6 Å². The molecule has 2 aromatic carbocycles. The second-order valence-electron chi connectivity index (χ2n) is 7.22. The van der Waals surface area contributed by atoms with Crippen molar-refractivity contribution >= 4 is 27.3 Å². The maximum atomic E-state index is 12.8. The van der Waals surface area contributed by atoms with Crippen molar-refractivity contribution in [1.82, 2.24) is 5.32 Å². The first-order chi connectivity index (χ1) is 13.7. The number of anilines is 2. The zero-order chi connectivity index (χ0) is 21.4. The number of para-hydroxylation sites is 1. The van der Waals surface area contributed by atoms with E-state index in [0.717, 1.165) is 30.5 Å². The Bertz CT molecular complexity index is 901. The lowest BCUT2D eigenvalue weighted by molar-refractivity contribution is -0.122. The molecule has 2 aromatic rings. The molecule has 158 valence electrons. The molecule has 1 N–H and O–H groups in total. The number of rotatable bonds is 10.